The molecule has 0 aromatic carbocycles. The third kappa shape index (κ3) is 3.11. The number of carbonyl (C=O) groups excluding carboxylic acids is 2. The first-order valence-electron chi connectivity index (χ1n) is 7.82. The number of allylic oxidation sites excluding steroid dienone is 2. The van der Waals surface area contributed by atoms with Crippen molar-refractivity contribution in [2.75, 3.05) is 26.3 Å². The molecule has 20 heavy (non-hydrogen) atoms. The van der Waals surface area contributed by atoms with Crippen LogP contribution in [0.1, 0.15) is 46.0 Å². The summed E-state index contributed by atoms with van der Waals surface area (Å²) in [7, 11) is 0. The lowest BCUT2D eigenvalue weighted by atomic mass is 9.96. The molecule has 2 rings (SSSR count). The van der Waals surface area contributed by atoms with E-state index in [1.807, 2.05) is 6.92 Å². The van der Waals surface area contributed by atoms with E-state index in [1.54, 1.807) is 0 Å². The molecule has 1 heterocycles. The smallest absolute Gasteiger partial charge is 0.171 e. The molecular formula is C16H25NO3. The Bertz CT molecular complexity index is 408. The van der Waals surface area contributed by atoms with Gasteiger partial charge in [-0.25, -0.2) is 0 Å². The molecule has 0 amide bonds. The van der Waals surface area contributed by atoms with E-state index in [0.29, 0.717) is 25.2 Å². The molecule has 1 atom stereocenters. The second-order valence-corrected chi connectivity index (χ2v) is 5.65. The minimum Gasteiger partial charge on any atom is -0.378 e. The van der Waals surface area contributed by atoms with Crippen LogP contribution < -0.4 is 0 Å². The highest BCUT2D eigenvalue weighted by Crippen LogP contribution is 2.35. The van der Waals surface area contributed by atoms with Crippen LogP contribution in [0.5, 0.6) is 0 Å². The van der Waals surface area contributed by atoms with Gasteiger partial charge in [-0.3, -0.25) is 9.59 Å². The summed E-state index contributed by atoms with van der Waals surface area (Å²) in [4.78, 5) is 27.0. The average molecular weight is 279 g/mol. The molecule has 1 saturated heterocycles. The topological polar surface area (TPSA) is 46.6 Å². The zero-order valence-corrected chi connectivity index (χ0v) is 12.6. The maximum Gasteiger partial charge on any atom is 0.171 e. The summed E-state index contributed by atoms with van der Waals surface area (Å²) >= 11 is 0. The van der Waals surface area contributed by atoms with E-state index in [-0.39, 0.29) is 17.5 Å². The highest BCUT2D eigenvalue weighted by atomic mass is 16.5. The van der Waals surface area contributed by atoms with Crippen LogP contribution in [0.2, 0.25) is 0 Å². The summed E-state index contributed by atoms with van der Waals surface area (Å²) in [5.74, 6) is 0.151. The molecule has 1 aliphatic heterocycles. The summed E-state index contributed by atoms with van der Waals surface area (Å²) in [5.41, 5.74) is 1.50. The third-order valence-corrected chi connectivity index (χ3v) is 4.13. The SMILES string of the molecule is CCCC(=O)C1=C(N2CCOCC2)CC(CCC)C1=O. The van der Waals surface area contributed by atoms with Gasteiger partial charge in [-0.2, -0.15) is 0 Å². The lowest BCUT2D eigenvalue weighted by molar-refractivity contribution is -0.123. The highest BCUT2D eigenvalue weighted by Gasteiger charge is 2.38. The highest BCUT2D eigenvalue weighted by molar-refractivity contribution is 6.22. The Labute approximate surface area is 121 Å². The fraction of sp³-hybridized carbons (Fsp3) is 0.750. The number of carbonyl (C=O) groups is 2. The van der Waals surface area contributed by atoms with Crippen LogP contribution in [0.3, 0.4) is 0 Å². The van der Waals surface area contributed by atoms with Crippen LogP contribution in [-0.4, -0.2) is 42.8 Å². The molecule has 0 N–H and O–H groups in total. The van der Waals surface area contributed by atoms with Gasteiger partial charge in [0.25, 0.3) is 0 Å². The number of hydrogen-bond donors (Lipinski definition) is 0. The number of nitrogens with zero attached hydrogens (tertiary/aromatic N) is 1. The Morgan fingerprint density at radius 1 is 1.25 bits per heavy atom. The number of Topliss-reactive ketones (excluding diaryl/α,β-unsaturated/α-hetero) is 2. The van der Waals surface area contributed by atoms with Crippen molar-refractivity contribution in [3.05, 3.63) is 11.3 Å². The molecule has 0 radical (unpaired) electrons. The first-order chi connectivity index (χ1) is 9.69. The van der Waals surface area contributed by atoms with Crippen LogP contribution in [-0.2, 0) is 14.3 Å². The molecule has 0 aromatic rings. The van der Waals surface area contributed by atoms with E-state index in [4.69, 9.17) is 4.74 Å². The van der Waals surface area contributed by atoms with Gasteiger partial charge in [0, 0.05) is 31.1 Å². The molecule has 1 fully saturated rings. The molecule has 0 saturated carbocycles. The molecule has 0 aromatic heterocycles. The predicted molar refractivity (Wildman–Crippen MR) is 77.4 cm³/mol. The van der Waals surface area contributed by atoms with Crippen molar-refractivity contribution in [1.82, 2.24) is 4.90 Å². The fourth-order valence-electron chi connectivity index (χ4n) is 3.13. The first-order valence-corrected chi connectivity index (χ1v) is 7.82. The minimum atomic E-state index is 0.0219. The summed E-state index contributed by atoms with van der Waals surface area (Å²) < 4.78 is 5.37. The van der Waals surface area contributed by atoms with Gasteiger partial charge in [0.1, 0.15) is 0 Å². The van der Waals surface area contributed by atoms with E-state index in [2.05, 4.69) is 11.8 Å². The first kappa shape index (κ1) is 15.2. The van der Waals surface area contributed by atoms with Gasteiger partial charge < -0.3 is 9.64 Å². The summed E-state index contributed by atoms with van der Waals surface area (Å²) in [5, 5.41) is 0. The molecule has 4 nitrogen and oxygen atoms in total. The van der Waals surface area contributed by atoms with Gasteiger partial charge >= 0.3 is 0 Å². The van der Waals surface area contributed by atoms with E-state index in [9.17, 15) is 9.59 Å². The van der Waals surface area contributed by atoms with Gasteiger partial charge in [0.2, 0.25) is 0 Å². The molecule has 1 aliphatic carbocycles. The molecule has 0 spiro atoms. The summed E-state index contributed by atoms with van der Waals surface area (Å²) in [6, 6.07) is 0. The predicted octanol–water partition coefficient (Wildman–Crippen LogP) is 2.33. The normalized spacial score (nSPS) is 23.6. The quantitative estimate of drug-likeness (QED) is 0.700. The number of ketones is 2. The molecular weight excluding hydrogens is 254 g/mol. The molecule has 0 bridgehead atoms. The van der Waals surface area contributed by atoms with Crippen LogP contribution >= 0.6 is 0 Å². The second-order valence-electron chi connectivity index (χ2n) is 5.65. The molecule has 2 aliphatic rings. The van der Waals surface area contributed by atoms with Crippen molar-refractivity contribution in [2.45, 2.75) is 46.0 Å². The lowest BCUT2D eigenvalue weighted by Gasteiger charge is -2.30. The monoisotopic (exact) mass is 279 g/mol. The van der Waals surface area contributed by atoms with E-state index in [1.165, 1.54) is 0 Å². The van der Waals surface area contributed by atoms with Crippen molar-refractivity contribution in [3.8, 4) is 0 Å². The van der Waals surface area contributed by atoms with E-state index in [0.717, 1.165) is 44.5 Å². The van der Waals surface area contributed by atoms with Gasteiger partial charge in [-0.15, -0.1) is 0 Å². The Kier molecular flexibility index (Phi) is 5.35. The molecule has 1 unspecified atom stereocenters. The minimum absolute atomic E-state index is 0.0219. The number of rotatable bonds is 6. The van der Waals surface area contributed by atoms with E-state index >= 15 is 0 Å². The van der Waals surface area contributed by atoms with Crippen molar-refractivity contribution >= 4 is 11.6 Å². The van der Waals surface area contributed by atoms with E-state index < -0.39 is 0 Å². The zero-order valence-electron chi connectivity index (χ0n) is 12.6. The Morgan fingerprint density at radius 3 is 2.55 bits per heavy atom. The zero-order chi connectivity index (χ0) is 14.5. The van der Waals surface area contributed by atoms with Crippen LogP contribution in [0.25, 0.3) is 0 Å². The maximum atomic E-state index is 12.5. The largest absolute Gasteiger partial charge is 0.378 e. The summed E-state index contributed by atoms with van der Waals surface area (Å²) in [6.07, 6.45) is 3.90. The van der Waals surface area contributed by atoms with Gasteiger partial charge in [-0.05, 0) is 19.3 Å². The van der Waals surface area contributed by atoms with Gasteiger partial charge in [0.15, 0.2) is 11.6 Å². The number of ether oxygens (including phenoxy) is 1. The molecule has 112 valence electrons. The van der Waals surface area contributed by atoms with Crippen molar-refractivity contribution < 1.29 is 14.3 Å². The Hall–Kier alpha value is -1.16. The fourth-order valence-corrected chi connectivity index (χ4v) is 3.13. The average Bonchev–Trinajstić information content (AvgIpc) is 2.78. The van der Waals surface area contributed by atoms with Gasteiger partial charge in [0.05, 0.1) is 18.8 Å². The standard InChI is InChI=1S/C16H25NO3/c1-3-5-12-11-13(17-7-9-20-10-8-17)15(16(12)19)14(18)6-4-2/h12H,3-11H2,1-2H3. The van der Waals surface area contributed by atoms with Crippen molar-refractivity contribution in [3.63, 3.8) is 0 Å². The van der Waals surface area contributed by atoms with Crippen LogP contribution in [0.4, 0.5) is 0 Å². The molecule has 4 heteroatoms. The number of morpholine rings is 1. The van der Waals surface area contributed by atoms with Crippen molar-refractivity contribution in [2.24, 2.45) is 5.92 Å². The third-order valence-electron chi connectivity index (χ3n) is 4.13. The maximum absolute atomic E-state index is 12.5. The van der Waals surface area contributed by atoms with Gasteiger partial charge in [-0.1, -0.05) is 20.3 Å². The Balaban J connectivity index is 2.23. The van der Waals surface area contributed by atoms with Crippen LogP contribution in [0.15, 0.2) is 11.3 Å². The second kappa shape index (κ2) is 7.02. The summed E-state index contributed by atoms with van der Waals surface area (Å²) in [6.45, 7) is 7.04. The number of hydrogen-bond acceptors (Lipinski definition) is 4. The van der Waals surface area contributed by atoms with Crippen LogP contribution in [0, 0.1) is 5.92 Å². The lowest BCUT2D eigenvalue weighted by Crippen LogP contribution is -2.36. The van der Waals surface area contributed by atoms with Crippen molar-refractivity contribution in [1.29, 1.82) is 0 Å². The Morgan fingerprint density at radius 2 is 1.95 bits per heavy atom.